The highest BCUT2D eigenvalue weighted by Crippen LogP contribution is 2.23. The van der Waals surface area contributed by atoms with Crippen LogP contribution in [0.1, 0.15) is 31.9 Å². The van der Waals surface area contributed by atoms with Gasteiger partial charge in [0.05, 0.1) is 16.6 Å². The number of hydrogen-bond acceptors (Lipinski definition) is 1. The summed E-state index contributed by atoms with van der Waals surface area (Å²) in [6.07, 6.45) is 0. The van der Waals surface area contributed by atoms with E-state index in [1.807, 2.05) is 42.5 Å². The van der Waals surface area contributed by atoms with Crippen molar-refractivity contribution in [1.29, 1.82) is 0 Å². The predicted molar refractivity (Wildman–Crippen MR) is 81.7 cm³/mol. The van der Waals surface area contributed by atoms with Crippen LogP contribution in [-0.4, -0.2) is 4.21 Å². The minimum Gasteiger partial charge on any atom is -0.254 e. The largest absolute Gasteiger partial charge is 0.254 e. The second-order valence-corrected chi connectivity index (χ2v) is 7.20. The molecule has 0 aliphatic heterocycles. The van der Waals surface area contributed by atoms with Gasteiger partial charge in [-0.25, -0.2) is 0 Å². The van der Waals surface area contributed by atoms with E-state index in [2.05, 4.69) is 32.9 Å². The Labute approximate surface area is 118 Å². The molecule has 19 heavy (non-hydrogen) atoms. The molecule has 2 aromatic carbocycles. The molecule has 0 saturated heterocycles. The maximum absolute atomic E-state index is 12.3. The maximum Gasteiger partial charge on any atom is 0.0574 e. The molecule has 100 valence electrons. The quantitative estimate of drug-likeness (QED) is 0.814. The molecule has 0 aromatic heterocycles. The zero-order chi connectivity index (χ0) is 13.9. The van der Waals surface area contributed by atoms with E-state index in [9.17, 15) is 4.21 Å². The first kappa shape index (κ1) is 14.0. The normalized spacial score (nSPS) is 13.2. The number of hydrogen-bond donors (Lipinski definition) is 0. The molecule has 0 bridgehead atoms. The molecule has 0 amide bonds. The highest BCUT2D eigenvalue weighted by atomic mass is 32.2. The van der Waals surface area contributed by atoms with Gasteiger partial charge in [0.15, 0.2) is 0 Å². The fourth-order valence-corrected chi connectivity index (χ4v) is 3.02. The van der Waals surface area contributed by atoms with E-state index in [0.717, 1.165) is 10.5 Å². The van der Waals surface area contributed by atoms with Crippen LogP contribution in [0.3, 0.4) is 0 Å². The topological polar surface area (TPSA) is 17.1 Å². The molecule has 2 rings (SSSR count). The third-order valence-corrected chi connectivity index (χ3v) is 4.52. The van der Waals surface area contributed by atoms with E-state index < -0.39 is 10.8 Å². The lowest BCUT2D eigenvalue weighted by molar-refractivity contribution is 0.589. The van der Waals surface area contributed by atoms with Crippen molar-refractivity contribution < 1.29 is 4.21 Å². The molecule has 0 fully saturated rings. The van der Waals surface area contributed by atoms with Gasteiger partial charge in [-0.2, -0.15) is 0 Å². The van der Waals surface area contributed by atoms with Crippen LogP contribution >= 0.6 is 0 Å². The molecule has 0 aliphatic carbocycles. The SMILES string of the molecule is CC(C)(C)c1ccc([S@@](=O)Cc2ccccc2)cc1. The molecule has 0 radical (unpaired) electrons. The van der Waals surface area contributed by atoms with Gasteiger partial charge in [-0.15, -0.1) is 0 Å². The van der Waals surface area contributed by atoms with Gasteiger partial charge >= 0.3 is 0 Å². The second kappa shape index (κ2) is 5.70. The highest BCUT2D eigenvalue weighted by Gasteiger charge is 2.13. The monoisotopic (exact) mass is 272 g/mol. The van der Waals surface area contributed by atoms with Crippen LogP contribution in [0.2, 0.25) is 0 Å². The summed E-state index contributed by atoms with van der Waals surface area (Å²) < 4.78 is 12.3. The molecule has 0 heterocycles. The molecule has 2 heteroatoms. The number of benzene rings is 2. The lowest BCUT2D eigenvalue weighted by atomic mass is 9.87. The van der Waals surface area contributed by atoms with Crippen molar-refractivity contribution in [2.24, 2.45) is 0 Å². The lowest BCUT2D eigenvalue weighted by Crippen LogP contribution is -2.10. The Morgan fingerprint density at radius 1 is 0.895 bits per heavy atom. The summed E-state index contributed by atoms with van der Waals surface area (Å²) in [7, 11) is -0.969. The van der Waals surface area contributed by atoms with Gasteiger partial charge in [0.1, 0.15) is 0 Å². The first-order chi connectivity index (χ1) is 8.97. The summed E-state index contributed by atoms with van der Waals surface area (Å²) in [5.41, 5.74) is 2.52. The molecule has 0 spiro atoms. The summed E-state index contributed by atoms with van der Waals surface area (Å²) in [5, 5.41) is 0. The van der Waals surface area contributed by atoms with Gasteiger partial charge < -0.3 is 0 Å². The third kappa shape index (κ3) is 3.77. The fraction of sp³-hybridized carbons (Fsp3) is 0.294. The second-order valence-electron chi connectivity index (χ2n) is 5.75. The lowest BCUT2D eigenvalue weighted by Gasteiger charge is -2.19. The minimum atomic E-state index is -0.969. The molecule has 0 aliphatic rings. The van der Waals surface area contributed by atoms with Gasteiger partial charge in [-0.1, -0.05) is 63.2 Å². The Morgan fingerprint density at radius 3 is 2.00 bits per heavy atom. The van der Waals surface area contributed by atoms with Crippen LogP contribution in [0.4, 0.5) is 0 Å². The van der Waals surface area contributed by atoms with Crippen LogP contribution in [0.5, 0.6) is 0 Å². The van der Waals surface area contributed by atoms with Crippen LogP contribution in [0.25, 0.3) is 0 Å². The first-order valence-electron chi connectivity index (χ1n) is 6.50. The Kier molecular flexibility index (Phi) is 4.20. The smallest absolute Gasteiger partial charge is 0.0574 e. The van der Waals surface area contributed by atoms with E-state index in [4.69, 9.17) is 0 Å². The summed E-state index contributed by atoms with van der Waals surface area (Å²) in [5.74, 6) is 0.579. The Bertz CT molecular complexity index is 550. The zero-order valence-corrected chi connectivity index (χ0v) is 12.5. The minimum absolute atomic E-state index is 0.138. The van der Waals surface area contributed by atoms with Gasteiger partial charge in [-0.3, -0.25) is 4.21 Å². The molecule has 0 unspecified atom stereocenters. The highest BCUT2D eigenvalue weighted by molar-refractivity contribution is 7.84. The van der Waals surface area contributed by atoms with Crippen molar-refractivity contribution in [2.45, 2.75) is 36.8 Å². The Morgan fingerprint density at radius 2 is 1.47 bits per heavy atom. The van der Waals surface area contributed by atoms with E-state index in [1.165, 1.54) is 5.56 Å². The summed E-state index contributed by atoms with van der Waals surface area (Å²) >= 11 is 0. The summed E-state index contributed by atoms with van der Waals surface area (Å²) in [6, 6.07) is 18.1. The van der Waals surface area contributed by atoms with Crippen LogP contribution in [0, 0.1) is 0 Å². The Balaban J connectivity index is 2.12. The summed E-state index contributed by atoms with van der Waals surface area (Å²) in [6.45, 7) is 6.55. The molecule has 1 atom stereocenters. The summed E-state index contributed by atoms with van der Waals surface area (Å²) in [4.78, 5) is 0.900. The molecule has 0 saturated carbocycles. The van der Waals surface area contributed by atoms with E-state index >= 15 is 0 Å². The molecule has 2 aromatic rings. The zero-order valence-electron chi connectivity index (χ0n) is 11.7. The van der Waals surface area contributed by atoms with Crippen molar-refractivity contribution >= 4 is 10.8 Å². The molecule has 1 nitrogen and oxygen atoms in total. The van der Waals surface area contributed by atoms with Crippen LogP contribution in [0.15, 0.2) is 59.5 Å². The fourth-order valence-electron chi connectivity index (χ4n) is 1.92. The van der Waals surface area contributed by atoms with Gasteiger partial charge in [-0.05, 0) is 28.7 Å². The van der Waals surface area contributed by atoms with Gasteiger partial charge in [0, 0.05) is 4.90 Å². The van der Waals surface area contributed by atoms with Gasteiger partial charge in [0.25, 0.3) is 0 Å². The van der Waals surface area contributed by atoms with E-state index in [0.29, 0.717) is 5.75 Å². The molecular weight excluding hydrogens is 252 g/mol. The van der Waals surface area contributed by atoms with Crippen LogP contribution in [-0.2, 0) is 22.0 Å². The van der Waals surface area contributed by atoms with E-state index in [-0.39, 0.29) is 5.41 Å². The average molecular weight is 272 g/mol. The average Bonchev–Trinajstić information content (AvgIpc) is 2.39. The molecular formula is C17H20OS. The van der Waals surface area contributed by atoms with E-state index in [1.54, 1.807) is 0 Å². The van der Waals surface area contributed by atoms with Crippen molar-refractivity contribution in [3.8, 4) is 0 Å². The third-order valence-electron chi connectivity index (χ3n) is 3.12. The number of rotatable bonds is 3. The van der Waals surface area contributed by atoms with Crippen LogP contribution < -0.4 is 0 Å². The van der Waals surface area contributed by atoms with Crippen molar-refractivity contribution in [3.05, 3.63) is 65.7 Å². The standard InChI is InChI=1S/C17H20OS/c1-17(2,3)15-9-11-16(12-10-15)19(18)13-14-7-5-4-6-8-14/h4-12H,13H2,1-3H3/t19-/m0/s1. The van der Waals surface area contributed by atoms with Crippen molar-refractivity contribution in [2.75, 3.05) is 0 Å². The molecule has 0 N–H and O–H groups in total. The van der Waals surface area contributed by atoms with Crippen molar-refractivity contribution in [1.82, 2.24) is 0 Å². The first-order valence-corrected chi connectivity index (χ1v) is 7.81. The Hall–Kier alpha value is -1.41. The van der Waals surface area contributed by atoms with Crippen molar-refractivity contribution in [3.63, 3.8) is 0 Å². The maximum atomic E-state index is 12.3. The predicted octanol–water partition coefficient (Wildman–Crippen LogP) is 4.29. The van der Waals surface area contributed by atoms with Gasteiger partial charge in [0.2, 0.25) is 0 Å².